The van der Waals surface area contributed by atoms with Gasteiger partial charge >= 0.3 is 0 Å². The number of pyridine rings is 1. The van der Waals surface area contributed by atoms with Gasteiger partial charge in [-0.15, -0.1) is 0 Å². The van der Waals surface area contributed by atoms with E-state index < -0.39 is 0 Å². The zero-order chi connectivity index (χ0) is 20.5. The third-order valence-corrected chi connectivity index (χ3v) is 5.96. The summed E-state index contributed by atoms with van der Waals surface area (Å²) >= 11 is 0. The minimum absolute atomic E-state index is 0.127. The maximum Gasteiger partial charge on any atom is 0.276 e. The molecule has 0 aliphatic carbocycles. The highest BCUT2D eigenvalue weighted by Crippen LogP contribution is 2.28. The van der Waals surface area contributed by atoms with Crippen LogP contribution in [0.15, 0.2) is 66.7 Å². The summed E-state index contributed by atoms with van der Waals surface area (Å²) in [5.41, 5.74) is 5.23. The second kappa shape index (κ2) is 7.75. The molecule has 0 radical (unpaired) electrons. The van der Waals surface area contributed by atoms with Crippen molar-refractivity contribution >= 4 is 17.5 Å². The molecule has 0 unspecified atom stereocenters. The van der Waals surface area contributed by atoms with Crippen molar-refractivity contribution in [2.45, 2.75) is 25.8 Å². The predicted octanol–water partition coefficient (Wildman–Crippen LogP) is 3.87. The van der Waals surface area contributed by atoms with Gasteiger partial charge in [0.1, 0.15) is 11.4 Å². The van der Waals surface area contributed by atoms with Crippen molar-refractivity contribution < 1.29 is 9.59 Å². The highest BCUT2D eigenvalue weighted by Gasteiger charge is 2.26. The second-order valence-corrected chi connectivity index (χ2v) is 7.84. The van der Waals surface area contributed by atoms with Crippen LogP contribution in [0.2, 0.25) is 0 Å². The molecule has 0 fully saturated rings. The smallest absolute Gasteiger partial charge is 0.276 e. The molecule has 2 aromatic carbocycles. The molecule has 2 aliphatic heterocycles. The molecule has 30 heavy (non-hydrogen) atoms. The number of carbonyl (C=O) groups excluding carboxylic acids is 2. The highest BCUT2D eigenvalue weighted by molar-refractivity contribution is 6.06. The summed E-state index contributed by atoms with van der Waals surface area (Å²) in [5, 5.41) is 0. The molecule has 2 amide bonds. The lowest BCUT2D eigenvalue weighted by Crippen LogP contribution is -2.38. The molecule has 3 aromatic rings. The van der Waals surface area contributed by atoms with Crippen LogP contribution in [0.5, 0.6) is 0 Å². The van der Waals surface area contributed by atoms with Gasteiger partial charge in [-0.25, -0.2) is 4.98 Å². The van der Waals surface area contributed by atoms with Crippen molar-refractivity contribution in [2.75, 3.05) is 18.0 Å². The third-order valence-electron chi connectivity index (χ3n) is 5.96. The molecule has 0 saturated carbocycles. The number of aromatic nitrogens is 1. The Morgan fingerprint density at radius 3 is 2.23 bits per heavy atom. The topological polar surface area (TPSA) is 53.5 Å². The highest BCUT2D eigenvalue weighted by atomic mass is 16.2. The Hall–Kier alpha value is -3.47. The van der Waals surface area contributed by atoms with Gasteiger partial charge in [0.25, 0.3) is 11.8 Å². The van der Waals surface area contributed by atoms with Crippen LogP contribution in [-0.2, 0) is 19.4 Å². The third kappa shape index (κ3) is 3.36. The van der Waals surface area contributed by atoms with Crippen LogP contribution in [0.1, 0.15) is 44.1 Å². The van der Waals surface area contributed by atoms with Crippen molar-refractivity contribution in [3.63, 3.8) is 0 Å². The van der Waals surface area contributed by atoms with E-state index in [2.05, 4.69) is 23.2 Å². The zero-order valence-corrected chi connectivity index (χ0v) is 16.8. The Balaban J connectivity index is 1.39. The first-order valence-electron chi connectivity index (χ1n) is 10.4. The summed E-state index contributed by atoms with van der Waals surface area (Å²) in [6.45, 7) is 1.90. The number of para-hydroxylation sites is 1. The molecule has 0 N–H and O–H groups in total. The first-order chi connectivity index (χ1) is 14.7. The fourth-order valence-corrected chi connectivity index (χ4v) is 4.39. The number of hydrogen-bond acceptors (Lipinski definition) is 3. The number of nitrogens with zero attached hydrogens (tertiary/aromatic N) is 3. The SMILES string of the molecule is O=C(c1cccc(C(=O)N2CCCc3ccccc32)n1)N1CCc2ccccc2C1. The summed E-state index contributed by atoms with van der Waals surface area (Å²) in [6.07, 6.45) is 2.74. The number of benzene rings is 2. The monoisotopic (exact) mass is 397 g/mol. The number of fused-ring (bicyclic) bond motifs is 2. The number of amides is 2. The molecule has 5 heteroatoms. The molecule has 2 aliphatic rings. The quantitative estimate of drug-likeness (QED) is 0.660. The molecule has 0 spiro atoms. The van der Waals surface area contributed by atoms with E-state index in [1.807, 2.05) is 35.2 Å². The molecule has 0 bridgehead atoms. The Labute approximate surface area is 176 Å². The first kappa shape index (κ1) is 18.6. The molecule has 150 valence electrons. The van der Waals surface area contributed by atoms with Crippen LogP contribution >= 0.6 is 0 Å². The predicted molar refractivity (Wildman–Crippen MR) is 116 cm³/mol. The van der Waals surface area contributed by atoms with E-state index in [0.29, 0.717) is 31.0 Å². The number of anilines is 1. The number of hydrogen-bond donors (Lipinski definition) is 0. The Bertz CT molecular complexity index is 1120. The minimum atomic E-state index is -0.152. The lowest BCUT2D eigenvalue weighted by Gasteiger charge is -2.30. The maximum atomic E-state index is 13.2. The fourth-order valence-electron chi connectivity index (χ4n) is 4.39. The van der Waals surface area contributed by atoms with E-state index in [4.69, 9.17) is 0 Å². The number of aryl methyl sites for hydroxylation is 1. The summed E-state index contributed by atoms with van der Waals surface area (Å²) in [7, 11) is 0. The van der Waals surface area contributed by atoms with Crippen molar-refractivity contribution in [1.29, 1.82) is 0 Å². The van der Waals surface area contributed by atoms with Gasteiger partial charge in [-0.05, 0) is 54.2 Å². The second-order valence-electron chi connectivity index (χ2n) is 7.84. The van der Waals surface area contributed by atoms with Crippen LogP contribution in [0.4, 0.5) is 5.69 Å². The van der Waals surface area contributed by atoms with Gasteiger partial charge in [-0.2, -0.15) is 0 Å². The summed E-state index contributed by atoms with van der Waals surface area (Å²) < 4.78 is 0. The molecule has 5 rings (SSSR count). The molecule has 3 heterocycles. The van der Waals surface area contributed by atoms with Crippen molar-refractivity contribution in [3.8, 4) is 0 Å². The molecule has 0 atom stereocenters. The van der Waals surface area contributed by atoms with Crippen molar-refractivity contribution in [2.24, 2.45) is 0 Å². The van der Waals surface area contributed by atoms with E-state index in [9.17, 15) is 9.59 Å². The summed E-state index contributed by atoms with van der Waals surface area (Å²) in [6, 6.07) is 21.4. The average molecular weight is 397 g/mol. The average Bonchev–Trinajstić information content (AvgIpc) is 2.82. The minimum Gasteiger partial charge on any atom is -0.333 e. The van der Waals surface area contributed by atoms with Gasteiger partial charge in [0, 0.05) is 25.3 Å². The van der Waals surface area contributed by atoms with Crippen LogP contribution in [0, 0.1) is 0 Å². The van der Waals surface area contributed by atoms with Crippen LogP contribution < -0.4 is 4.90 Å². The lowest BCUT2D eigenvalue weighted by atomic mass is 9.99. The number of carbonyl (C=O) groups is 2. The van der Waals surface area contributed by atoms with Gasteiger partial charge in [0.2, 0.25) is 0 Å². The van der Waals surface area contributed by atoms with Gasteiger partial charge in [0.05, 0.1) is 0 Å². The zero-order valence-electron chi connectivity index (χ0n) is 16.8. The summed E-state index contributed by atoms with van der Waals surface area (Å²) in [5.74, 6) is -0.279. The molecular weight excluding hydrogens is 374 g/mol. The first-order valence-corrected chi connectivity index (χ1v) is 10.4. The van der Waals surface area contributed by atoms with Crippen molar-refractivity contribution in [3.05, 3.63) is 94.8 Å². The van der Waals surface area contributed by atoms with E-state index in [-0.39, 0.29) is 11.8 Å². The lowest BCUT2D eigenvalue weighted by molar-refractivity contribution is 0.0728. The van der Waals surface area contributed by atoms with Crippen molar-refractivity contribution in [1.82, 2.24) is 9.88 Å². The van der Waals surface area contributed by atoms with Gasteiger partial charge < -0.3 is 9.80 Å². The Morgan fingerprint density at radius 1 is 0.700 bits per heavy atom. The van der Waals surface area contributed by atoms with Crippen LogP contribution in [0.25, 0.3) is 0 Å². The van der Waals surface area contributed by atoms with Gasteiger partial charge in [-0.1, -0.05) is 48.5 Å². The fraction of sp³-hybridized carbons (Fsp3) is 0.240. The molecule has 1 aromatic heterocycles. The Morgan fingerprint density at radius 2 is 1.40 bits per heavy atom. The largest absolute Gasteiger partial charge is 0.333 e. The molecular formula is C25H23N3O2. The van der Waals surface area contributed by atoms with E-state index >= 15 is 0 Å². The normalized spacial score (nSPS) is 15.3. The standard InChI is InChI=1S/C25H23N3O2/c29-24(27-16-14-18-7-1-2-9-20(18)17-27)21-11-5-12-22(26-21)25(30)28-15-6-10-19-8-3-4-13-23(19)28/h1-5,7-9,11-13H,6,10,14-17H2. The molecule has 5 nitrogen and oxygen atoms in total. The van der Waals surface area contributed by atoms with Crippen LogP contribution in [-0.4, -0.2) is 34.8 Å². The van der Waals surface area contributed by atoms with Crippen LogP contribution in [0.3, 0.4) is 0 Å². The molecule has 0 saturated heterocycles. The van der Waals surface area contributed by atoms with E-state index in [0.717, 1.165) is 24.9 Å². The maximum absolute atomic E-state index is 13.2. The van der Waals surface area contributed by atoms with Gasteiger partial charge in [-0.3, -0.25) is 9.59 Å². The van der Waals surface area contributed by atoms with Gasteiger partial charge in [0.15, 0.2) is 0 Å². The number of rotatable bonds is 2. The Kier molecular flexibility index (Phi) is 4.79. The van der Waals surface area contributed by atoms with E-state index in [1.54, 1.807) is 23.1 Å². The summed E-state index contributed by atoms with van der Waals surface area (Å²) in [4.78, 5) is 34.4. The van der Waals surface area contributed by atoms with E-state index in [1.165, 1.54) is 16.7 Å².